The molecule has 0 fully saturated rings. The highest BCUT2D eigenvalue weighted by Gasteiger charge is 2.09. The van der Waals surface area contributed by atoms with Gasteiger partial charge in [-0.15, -0.1) is 0 Å². The van der Waals surface area contributed by atoms with Gasteiger partial charge < -0.3 is 16.4 Å². The molecule has 2 amide bonds. The molecule has 0 radical (unpaired) electrons. The molecule has 5 heteroatoms. The SMILES string of the molecule is CC(NC(=O)Nc1cccc(F)c1)c1cccc(N)c1. The fourth-order valence-electron chi connectivity index (χ4n) is 1.84. The molecule has 0 saturated heterocycles. The predicted octanol–water partition coefficient (Wildman–Crippen LogP) is 3.29. The minimum absolute atomic E-state index is 0.202. The van der Waals surface area contributed by atoms with Crippen molar-refractivity contribution in [1.29, 1.82) is 0 Å². The Hall–Kier alpha value is -2.56. The molecule has 1 atom stereocenters. The molecule has 0 saturated carbocycles. The van der Waals surface area contributed by atoms with E-state index >= 15 is 0 Å². The van der Waals surface area contributed by atoms with E-state index in [0.717, 1.165) is 5.56 Å². The van der Waals surface area contributed by atoms with Crippen molar-refractivity contribution in [2.75, 3.05) is 11.1 Å². The maximum Gasteiger partial charge on any atom is 0.319 e. The van der Waals surface area contributed by atoms with Crippen LogP contribution in [0.3, 0.4) is 0 Å². The number of amides is 2. The van der Waals surface area contributed by atoms with Gasteiger partial charge in [-0.25, -0.2) is 9.18 Å². The Labute approximate surface area is 116 Å². The Morgan fingerprint density at radius 2 is 1.95 bits per heavy atom. The van der Waals surface area contributed by atoms with Gasteiger partial charge in [-0.3, -0.25) is 0 Å². The molecule has 0 heterocycles. The third-order valence-corrected chi connectivity index (χ3v) is 2.84. The van der Waals surface area contributed by atoms with Gasteiger partial charge in [-0.05, 0) is 42.8 Å². The van der Waals surface area contributed by atoms with E-state index in [0.29, 0.717) is 11.4 Å². The Morgan fingerprint density at radius 3 is 2.65 bits per heavy atom. The first kappa shape index (κ1) is 13.9. The van der Waals surface area contributed by atoms with Crippen LogP contribution in [0.2, 0.25) is 0 Å². The van der Waals surface area contributed by atoms with Crippen molar-refractivity contribution in [3.63, 3.8) is 0 Å². The lowest BCUT2D eigenvalue weighted by Gasteiger charge is -2.15. The zero-order valence-electron chi connectivity index (χ0n) is 11.1. The average Bonchev–Trinajstić information content (AvgIpc) is 2.38. The number of halogens is 1. The van der Waals surface area contributed by atoms with Crippen LogP contribution < -0.4 is 16.4 Å². The van der Waals surface area contributed by atoms with Crippen LogP contribution in [0.5, 0.6) is 0 Å². The molecule has 0 aromatic heterocycles. The highest BCUT2D eigenvalue weighted by Crippen LogP contribution is 2.15. The molecule has 0 aliphatic heterocycles. The monoisotopic (exact) mass is 273 g/mol. The highest BCUT2D eigenvalue weighted by atomic mass is 19.1. The smallest absolute Gasteiger partial charge is 0.319 e. The third kappa shape index (κ3) is 3.71. The summed E-state index contributed by atoms with van der Waals surface area (Å²) in [5, 5.41) is 5.34. The quantitative estimate of drug-likeness (QED) is 0.751. The van der Waals surface area contributed by atoms with Gasteiger partial charge in [-0.2, -0.15) is 0 Å². The van der Waals surface area contributed by atoms with Crippen LogP contribution in [0.4, 0.5) is 20.6 Å². The van der Waals surface area contributed by atoms with E-state index in [-0.39, 0.29) is 6.04 Å². The van der Waals surface area contributed by atoms with Crippen LogP contribution in [0.25, 0.3) is 0 Å². The van der Waals surface area contributed by atoms with Crippen molar-refractivity contribution in [3.05, 3.63) is 59.9 Å². The number of nitrogens with one attached hydrogen (secondary N) is 2. The zero-order valence-corrected chi connectivity index (χ0v) is 11.1. The molecule has 104 valence electrons. The summed E-state index contributed by atoms with van der Waals surface area (Å²) >= 11 is 0. The number of nitrogens with two attached hydrogens (primary N) is 1. The molecule has 4 nitrogen and oxygen atoms in total. The van der Waals surface area contributed by atoms with Crippen molar-refractivity contribution in [2.45, 2.75) is 13.0 Å². The number of urea groups is 1. The summed E-state index contributed by atoms with van der Waals surface area (Å²) in [4.78, 5) is 11.8. The molecule has 0 spiro atoms. The lowest BCUT2D eigenvalue weighted by Crippen LogP contribution is -2.31. The minimum Gasteiger partial charge on any atom is -0.399 e. The van der Waals surface area contributed by atoms with Crippen molar-refractivity contribution in [1.82, 2.24) is 5.32 Å². The fraction of sp³-hybridized carbons (Fsp3) is 0.133. The van der Waals surface area contributed by atoms with E-state index in [1.807, 2.05) is 19.1 Å². The maximum atomic E-state index is 13.0. The van der Waals surface area contributed by atoms with Gasteiger partial charge in [0, 0.05) is 11.4 Å². The first-order chi connectivity index (χ1) is 9.54. The lowest BCUT2D eigenvalue weighted by molar-refractivity contribution is 0.249. The molecule has 0 bridgehead atoms. The zero-order chi connectivity index (χ0) is 14.5. The van der Waals surface area contributed by atoms with Gasteiger partial charge in [0.15, 0.2) is 0 Å². The number of hydrogen-bond acceptors (Lipinski definition) is 2. The summed E-state index contributed by atoms with van der Waals surface area (Å²) in [5.74, 6) is -0.397. The molecular formula is C15H16FN3O. The Morgan fingerprint density at radius 1 is 1.20 bits per heavy atom. The van der Waals surface area contributed by atoms with Gasteiger partial charge in [0.1, 0.15) is 5.82 Å². The summed E-state index contributed by atoms with van der Waals surface area (Å²) in [7, 11) is 0. The molecule has 2 rings (SSSR count). The second-order valence-corrected chi connectivity index (χ2v) is 4.50. The summed E-state index contributed by atoms with van der Waals surface area (Å²) in [5.41, 5.74) is 7.64. The van der Waals surface area contributed by atoms with Crippen LogP contribution in [-0.4, -0.2) is 6.03 Å². The average molecular weight is 273 g/mol. The predicted molar refractivity (Wildman–Crippen MR) is 77.8 cm³/mol. The molecule has 0 aliphatic carbocycles. The van der Waals surface area contributed by atoms with E-state index in [2.05, 4.69) is 10.6 Å². The standard InChI is InChI=1S/C15H16FN3O/c1-10(11-4-2-6-13(17)8-11)18-15(20)19-14-7-3-5-12(16)9-14/h2-10H,17H2,1H3,(H2,18,19,20). The number of carbonyl (C=O) groups excluding carboxylic acids is 1. The minimum atomic E-state index is -0.398. The molecule has 4 N–H and O–H groups in total. The normalized spacial score (nSPS) is 11.7. The number of nitrogen functional groups attached to an aromatic ring is 1. The van der Waals surface area contributed by atoms with Gasteiger partial charge in [0.05, 0.1) is 6.04 Å². The van der Waals surface area contributed by atoms with Crippen LogP contribution in [-0.2, 0) is 0 Å². The van der Waals surface area contributed by atoms with Gasteiger partial charge in [-0.1, -0.05) is 18.2 Å². The second kappa shape index (κ2) is 6.06. The summed E-state index contributed by atoms with van der Waals surface area (Å²) in [6.45, 7) is 1.85. The van der Waals surface area contributed by atoms with Crippen molar-refractivity contribution in [3.8, 4) is 0 Å². The van der Waals surface area contributed by atoms with Gasteiger partial charge >= 0.3 is 6.03 Å². The van der Waals surface area contributed by atoms with Gasteiger partial charge in [0.25, 0.3) is 0 Å². The second-order valence-electron chi connectivity index (χ2n) is 4.50. The van der Waals surface area contributed by atoms with Crippen molar-refractivity contribution >= 4 is 17.4 Å². The molecule has 20 heavy (non-hydrogen) atoms. The van der Waals surface area contributed by atoms with E-state index in [4.69, 9.17) is 5.73 Å². The van der Waals surface area contributed by atoms with Crippen molar-refractivity contribution in [2.24, 2.45) is 0 Å². The largest absolute Gasteiger partial charge is 0.399 e. The molecular weight excluding hydrogens is 257 g/mol. The molecule has 2 aromatic rings. The summed E-state index contributed by atoms with van der Waals surface area (Å²) in [6.07, 6.45) is 0. The number of rotatable bonds is 3. The first-order valence-corrected chi connectivity index (χ1v) is 6.23. The van der Waals surface area contributed by atoms with Crippen LogP contribution in [0, 0.1) is 5.82 Å². The summed E-state index contributed by atoms with van der Waals surface area (Å²) in [6, 6.07) is 12.4. The highest BCUT2D eigenvalue weighted by molar-refractivity contribution is 5.89. The lowest BCUT2D eigenvalue weighted by atomic mass is 10.1. The number of anilines is 2. The van der Waals surface area contributed by atoms with Gasteiger partial charge in [0.2, 0.25) is 0 Å². The third-order valence-electron chi connectivity index (χ3n) is 2.84. The number of benzene rings is 2. The molecule has 0 aliphatic rings. The first-order valence-electron chi connectivity index (χ1n) is 6.23. The molecule has 2 aromatic carbocycles. The topological polar surface area (TPSA) is 67.2 Å². The van der Waals surface area contributed by atoms with Crippen molar-refractivity contribution < 1.29 is 9.18 Å². The van der Waals surface area contributed by atoms with E-state index in [9.17, 15) is 9.18 Å². The molecule has 1 unspecified atom stereocenters. The fourth-order valence-corrected chi connectivity index (χ4v) is 1.84. The van der Waals surface area contributed by atoms with E-state index in [1.165, 1.54) is 18.2 Å². The number of carbonyl (C=O) groups is 1. The number of hydrogen-bond donors (Lipinski definition) is 3. The van der Waals surface area contributed by atoms with Crippen LogP contribution >= 0.6 is 0 Å². The Balaban J connectivity index is 1.97. The van der Waals surface area contributed by atoms with Crippen LogP contribution in [0.15, 0.2) is 48.5 Å². The van der Waals surface area contributed by atoms with Crippen LogP contribution in [0.1, 0.15) is 18.5 Å². The Kier molecular flexibility index (Phi) is 4.20. The van der Waals surface area contributed by atoms with E-state index < -0.39 is 11.8 Å². The maximum absolute atomic E-state index is 13.0. The Bertz CT molecular complexity index is 616. The summed E-state index contributed by atoms with van der Waals surface area (Å²) < 4.78 is 13.0. The van der Waals surface area contributed by atoms with E-state index in [1.54, 1.807) is 18.2 Å².